The van der Waals surface area contributed by atoms with Crippen LogP contribution in [-0.4, -0.2) is 12.9 Å². The van der Waals surface area contributed by atoms with Crippen molar-refractivity contribution in [2.75, 3.05) is 7.11 Å². The number of benzene rings is 1. The minimum atomic E-state index is 0.192. The lowest BCUT2D eigenvalue weighted by molar-refractivity contribution is 0.411. The van der Waals surface area contributed by atoms with Gasteiger partial charge >= 0.3 is 0 Å². The molecule has 0 aliphatic heterocycles. The molecule has 0 aliphatic carbocycles. The topological polar surface area (TPSA) is 59.1 Å². The molecule has 3 N–H and O–H groups in total. The number of amidine groups is 1. The first-order chi connectivity index (χ1) is 6.56. The van der Waals surface area contributed by atoms with Crippen molar-refractivity contribution in [1.29, 1.82) is 5.41 Å². The van der Waals surface area contributed by atoms with Gasteiger partial charge in [-0.3, -0.25) is 5.41 Å². The van der Waals surface area contributed by atoms with E-state index in [1.165, 1.54) is 0 Å². The van der Waals surface area contributed by atoms with Crippen LogP contribution in [0.1, 0.15) is 16.7 Å². The van der Waals surface area contributed by atoms with Crippen LogP contribution in [0.5, 0.6) is 5.75 Å². The van der Waals surface area contributed by atoms with E-state index in [0.717, 1.165) is 22.4 Å². The van der Waals surface area contributed by atoms with Gasteiger partial charge in [-0.1, -0.05) is 6.07 Å². The van der Waals surface area contributed by atoms with Gasteiger partial charge in [0, 0.05) is 6.42 Å². The molecule has 0 saturated carbocycles. The average molecular weight is 192 g/mol. The summed E-state index contributed by atoms with van der Waals surface area (Å²) in [7, 11) is 1.66. The zero-order chi connectivity index (χ0) is 10.7. The Morgan fingerprint density at radius 3 is 2.50 bits per heavy atom. The molecule has 76 valence electrons. The summed E-state index contributed by atoms with van der Waals surface area (Å²) in [4.78, 5) is 0. The maximum absolute atomic E-state index is 7.24. The standard InChI is InChI=1S/C11H16N2O/c1-7-8(2)10(14-3)5-4-9(7)6-11(12)13/h4-5H,6H2,1-3H3,(H3,12,13). The lowest BCUT2D eigenvalue weighted by Gasteiger charge is -2.11. The summed E-state index contributed by atoms with van der Waals surface area (Å²) >= 11 is 0. The lowest BCUT2D eigenvalue weighted by Crippen LogP contribution is -2.13. The Hall–Kier alpha value is -1.51. The second-order valence-corrected chi connectivity index (χ2v) is 3.38. The number of hydrogen-bond acceptors (Lipinski definition) is 2. The van der Waals surface area contributed by atoms with Gasteiger partial charge in [0.15, 0.2) is 0 Å². The third kappa shape index (κ3) is 2.05. The lowest BCUT2D eigenvalue weighted by atomic mass is 10.00. The second kappa shape index (κ2) is 4.13. The van der Waals surface area contributed by atoms with Gasteiger partial charge in [-0.2, -0.15) is 0 Å². The summed E-state index contributed by atoms with van der Waals surface area (Å²) in [5.74, 6) is 1.08. The molecule has 0 spiro atoms. The van der Waals surface area contributed by atoms with Crippen LogP contribution >= 0.6 is 0 Å². The van der Waals surface area contributed by atoms with Crippen molar-refractivity contribution in [2.24, 2.45) is 5.73 Å². The van der Waals surface area contributed by atoms with E-state index in [1.54, 1.807) is 7.11 Å². The molecular formula is C11H16N2O. The van der Waals surface area contributed by atoms with Gasteiger partial charge in [-0.05, 0) is 36.6 Å². The highest BCUT2D eigenvalue weighted by Gasteiger charge is 2.06. The molecule has 0 aromatic heterocycles. The fourth-order valence-corrected chi connectivity index (χ4v) is 1.47. The first-order valence-electron chi connectivity index (χ1n) is 4.52. The van der Waals surface area contributed by atoms with Crippen LogP contribution in [-0.2, 0) is 6.42 Å². The van der Waals surface area contributed by atoms with E-state index < -0.39 is 0 Å². The van der Waals surface area contributed by atoms with Gasteiger partial charge in [0.2, 0.25) is 0 Å². The Kier molecular flexibility index (Phi) is 3.12. The molecule has 1 rings (SSSR count). The van der Waals surface area contributed by atoms with Crippen LogP contribution in [0.3, 0.4) is 0 Å². The highest BCUT2D eigenvalue weighted by atomic mass is 16.5. The number of nitrogens with one attached hydrogen (secondary N) is 1. The van der Waals surface area contributed by atoms with E-state index in [1.807, 2.05) is 26.0 Å². The number of nitrogens with two attached hydrogens (primary N) is 1. The molecule has 1 aromatic rings. The van der Waals surface area contributed by atoms with Crippen molar-refractivity contribution in [2.45, 2.75) is 20.3 Å². The van der Waals surface area contributed by atoms with E-state index >= 15 is 0 Å². The van der Waals surface area contributed by atoms with Crippen LogP contribution in [0.15, 0.2) is 12.1 Å². The highest BCUT2D eigenvalue weighted by molar-refractivity contribution is 5.80. The molecule has 3 heteroatoms. The summed E-state index contributed by atoms with van der Waals surface area (Å²) in [5, 5.41) is 7.24. The smallest absolute Gasteiger partial charge is 0.122 e. The summed E-state index contributed by atoms with van der Waals surface area (Å²) in [6.45, 7) is 4.04. The predicted molar refractivity (Wildman–Crippen MR) is 58.1 cm³/mol. The minimum Gasteiger partial charge on any atom is -0.496 e. The zero-order valence-corrected chi connectivity index (χ0v) is 8.85. The Morgan fingerprint density at radius 2 is 2.00 bits per heavy atom. The minimum absolute atomic E-state index is 0.192. The zero-order valence-electron chi connectivity index (χ0n) is 8.85. The Bertz CT molecular complexity index is 359. The third-order valence-corrected chi connectivity index (χ3v) is 2.45. The predicted octanol–water partition coefficient (Wildman–Crippen LogP) is 1.79. The molecule has 1 aromatic carbocycles. The Labute approximate surface area is 84.4 Å². The summed E-state index contributed by atoms with van der Waals surface area (Å²) in [5.41, 5.74) is 8.73. The van der Waals surface area contributed by atoms with Gasteiger partial charge in [0.05, 0.1) is 12.9 Å². The number of ether oxygens (including phenoxy) is 1. The number of rotatable bonds is 3. The van der Waals surface area contributed by atoms with Gasteiger partial charge in [0.25, 0.3) is 0 Å². The van der Waals surface area contributed by atoms with Crippen LogP contribution < -0.4 is 10.5 Å². The van der Waals surface area contributed by atoms with E-state index in [4.69, 9.17) is 15.9 Å². The van der Waals surface area contributed by atoms with Crippen molar-refractivity contribution in [3.63, 3.8) is 0 Å². The molecule has 0 amide bonds. The molecule has 0 heterocycles. The first-order valence-corrected chi connectivity index (χ1v) is 4.52. The molecule has 0 aliphatic rings. The molecule has 0 radical (unpaired) electrons. The maximum atomic E-state index is 7.24. The third-order valence-electron chi connectivity index (χ3n) is 2.45. The van der Waals surface area contributed by atoms with Crippen molar-refractivity contribution in [3.05, 3.63) is 28.8 Å². The van der Waals surface area contributed by atoms with Crippen LogP contribution in [0.2, 0.25) is 0 Å². The fraction of sp³-hybridized carbons (Fsp3) is 0.364. The van der Waals surface area contributed by atoms with Gasteiger partial charge in [-0.25, -0.2) is 0 Å². The van der Waals surface area contributed by atoms with Gasteiger partial charge < -0.3 is 10.5 Å². The van der Waals surface area contributed by atoms with E-state index in [0.29, 0.717) is 6.42 Å². The molecule has 3 nitrogen and oxygen atoms in total. The maximum Gasteiger partial charge on any atom is 0.122 e. The number of hydrogen-bond donors (Lipinski definition) is 2. The SMILES string of the molecule is COc1ccc(CC(=N)N)c(C)c1C. The van der Waals surface area contributed by atoms with Crippen LogP contribution in [0.25, 0.3) is 0 Å². The van der Waals surface area contributed by atoms with Crippen molar-refractivity contribution < 1.29 is 4.74 Å². The van der Waals surface area contributed by atoms with E-state index in [9.17, 15) is 0 Å². The fourth-order valence-electron chi connectivity index (χ4n) is 1.47. The summed E-state index contributed by atoms with van der Waals surface area (Å²) in [6.07, 6.45) is 0.511. The molecule has 0 unspecified atom stereocenters. The molecule has 0 bridgehead atoms. The average Bonchev–Trinajstić information content (AvgIpc) is 2.13. The summed E-state index contributed by atoms with van der Waals surface area (Å²) in [6, 6.07) is 3.88. The summed E-state index contributed by atoms with van der Waals surface area (Å²) < 4.78 is 5.20. The number of methoxy groups -OCH3 is 1. The second-order valence-electron chi connectivity index (χ2n) is 3.38. The van der Waals surface area contributed by atoms with Gasteiger partial charge in [0.1, 0.15) is 5.75 Å². The quantitative estimate of drug-likeness (QED) is 0.566. The van der Waals surface area contributed by atoms with E-state index in [-0.39, 0.29) is 5.84 Å². The Morgan fingerprint density at radius 1 is 1.36 bits per heavy atom. The van der Waals surface area contributed by atoms with Crippen LogP contribution in [0.4, 0.5) is 0 Å². The molecule has 14 heavy (non-hydrogen) atoms. The van der Waals surface area contributed by atoms with Crippen molar-refractivity contribution in [3.8, 4) is 5.75 Å². The van der Waals surface area contributed by atoms with E-state index in [2.05, 4.69) is 0 Å². The normalized spacial score (nSPS) is 9.93. The van der Waals surface area contributed by atoms with Crippen LogP contribution in [0, 0.1) is 19.3 Å². The molecule has 0 atom stereocenters. The molecule has 0 saturated heterocycles. The monoisotopic (exact) mass is 192 g/mol. The largest absolute Gasteiger partial charge is 0.496 e. The van der Waals surface area contributed by atoms with Crippen molar-refractivity contribution >= 4 is 5.84 Å². The molecule has 0 fully saturated rings. The van der Waals surface area contributed by atoms with Crippen molar-refractivity contribution in [1.82, 2.24) is 0 Å². The first kappa shape index (κ1) is 10.6. The molecular weight excluding hydrogens is 176 g/mol. The Balaban J connectivity index is 3.10. The van der Waals surface area contributed by atoms with Gasteiger partial charge in [-0.15, -0.1) is 0 Å². The highest BCUT2D eigenvalue weighted by Crippen LogP contribution is 2.23.